The van der Waals surface area contributed by atoms with E-state index in [-0.39, 0.29) is 30.0 Å². The number of hydrogen-bond donors (Lipinski definition) is 2. The van der Waals surface area contributed by atoms with Crippen molar-refractivity contribution in [3.05, 3.63) is 65.7 Å². The Morgan fingerprint density at radius 2 is 1.76 bits per heavy atom. The van der Waals surface area contributed by atoms with Crippen LogP contribution in [-0.4, -0.2) is 26.2 Å². The van der Waals surface area contributed by atoms with Crippen molar-refractivity contribution in [3.8, 4) is 5.75 Å². The van der Waals surface area contributed by atoms with Crippen LogP contribution in [0.25, 0.3) is 0 Å². The molecule has 1 unspecified atom stereocenters. The smallest absolute Gasteiger partial charge is 0.191 e. The van der Waals surface area contributed by atoms with Crippen molar-refractivity contribution in [2.24, 2.45) is 4.99 Å². The Labute approximate surface area is 168 Å². The van der Waals surface area contributed by atoms with Gasteiger partial charge in [0.1, 0.15) is 5.75 Å². The molecule has 0 saturated heterocycles. The maximum Gasteiger partial charge on any atom is 0.191 e. The van der Waals surface area contributed by atoms with Gasteiger partial charge in [0, 0.05) is 13.1 Å². The molecule has 4 nitrogen and oxygen atoms in total. The Bertz CT molecular complexity index is 629. The van der Waals surface area contributed by atoms with Crippen LogP contribution in [0.1, 0.15) is 31.0 Å². The fourth-order valence-corrected chi connectivity index (χ4v) is 2.44. The molecule has 2 rings (SSSR count). The lowest BCUT2D eigenvalue weighted by atomic mass is 10.1. The first-order chi connectivity index (χ1) is 11.7. The molecule has 2 N–H and O–H groups in total. The van der Waals surface area contributed by atoms with E-state index < -0.39 is 0 Å². The lowest BCUT2D eigenvalue weighted by molar-refractivity contribution is 0.414. The summed E-state index contributed by atoms with van der Waals surface area (Å²) in [5.41, 5.74) is 2.50. The molecule has 2 aromatic rings. The summed E-state index contributed by atoms with van der Waals surface area (Å²) in [6.45, 7) is 5.80. The number of hydrogen-bond acceptors (Lipinski definition) is 2. The summed E-state index contributed by atoms with van der Waals surface area (Å²) in [7, 11) is 1.68. The number of guanidine groups is 1. The largest absolute Gasteiger partial charge is 0.497 e. The number of methoxy groups -OCH3 is 1. The molecular formula is C20H28IN3O. The van der Waals surface area contributed by atoms with E-state index in [1.165, 1.54) is 11.1 Å². The molecule has 0 amide bonds. The van der Waals surface area contributed by atoms with Gasteiger partial charge in [-0.05, 0) is 43.5 Å². The van der Waals surface area contributed by atoms with Gasteiger partial charge in [-0.3, -0.25) is 4.99 Å². The highest BCUT2D eigenvalue weighted by Crippen LogP contribution is 2.12. The molecule has 0 radical (unpaired) electrons. The highest BCUT2D eigenvalue weighted by Gasteiger charge is 2.06. The molecule has 5 heteroatoms. The number of aliphatic imine (C=N–C) groups is 1. The first-order valence-corrected chi connectivity index (χ1v) is 8.45. The minimum Gasteiger partial charge on any atom is -0.497 e. The van der Waals surface area contributed by atoms with Gasteiger partial charge >= 0.3 is 0 Å². The Balaban J connectivity index is 0.00000312. The van der Waals surface area contributed by atoms with Gasteiger partial charge in [-0.1, -0.05) is 42.5 Å². The van der Waals surface area contributed by atoms with Crippen molar-refractivity contribution in [1.29, 1.82) is 0 Å². The third kappa shape index (κ3) is 7.34. The van der Waals surface area contributed by atoms with Crippen molar-refractivity contribution in [2.45, 2.75) is 26.3 Å². The molecule has 0 aliphatic heterocycles. The van der Waals surface area contributed by atoms with Gasteiger partial charge in [0.25, 0.3) is 0 Å². The molecule has 136 valence electrons. The van der Waals surface area contributed by atoms with Gasteiger partial charge in [-0.2, -0.15) is 0 Å². The average Bonchev–Trinajstić information content (AvgIpc) is 2.63. The normalized spacial score (nSPS) is 12.0. The van der Waals surface area contributed by atoms with Crippen LogP contribution >= 0.6 is 24.0 Å². The third-order valence-corrected chi connectivity index (χ3v) is 3.83. The maximum atomic E-state index is 5.18. The van der Waals surface area contributed by atoms with Crippen LogP contribution in [0.3, 0.4) is 0 Å². The number of ether oxygens (including phenoxy) is 1. The summed E-state index contributed by atoms with van der Waals surface area (Å²) in [5.74, 6) is 1.73. The SMILES string of the molecule is CCNC(=NCCc1ccc(OC)cc1)NC(C)c1ccccc1.I. The predicted molar refractivity (Wildman–Crippen MR) is 116 cm³/mol. The molecule has 2 aromatic carbocycles. The zero-order valence-corrected chi connectivity index (χ0v) is 17.5. The van der Waals surface area contributed by atoms with Crippen molar-refractivity contribution in [1.82, 2.24) is 10.6 Å². The Hall–Kier alpha value is -1.76. The Morgan fingerprint density at radius 1 is 1.08 bits per heavy atom. The number of rotatable bonds is 7. The van der Waals surface area contributed by atoms with Gasteiger partial charge in [-0.25, -0.2) is 0 Å². The zero-order valence-electron chi connectivity index (χ0n) is 15.2. The van der Waals surface area contributed by atoms with E-state index in [9.17, 15) is 0 Å². The van der Waals surface area contributed by atoms with Gasteiger partial charge in [0.15, 0.2) is 5.96 Å². The Morgan fingerprint density at radius 3 is 2.36 bits per heavy atom. The molecule has 0 aliphatic carbocycles. The van der Waals surface area contributed by atoms with Crippen LogP contribution in [-0.2, 0) is 6.42 Å². The van der Waals surface area contributed by atoms with Gasteiger partial charge in [0.2, 0.25) is 0 Å². The number of nitrogens with zero attached hydrogens (tertiary/aromatic N) is 1. The molecular weight excluding hydrogens is 425 g/mol. The van der Waals surface area contributed by atoms with Crippen molar-refractivity contribution in [3.63, 3.8) is 0 Å². The van der Waals surface area contributed by atoms with Crippen LogP contribution < -0.4 is 15.4 Å². The van der Waals surface area contributed by atoms with Crippen LogP contribution in [0.2, 0.25) is 0 Å². The highest BCUT2D eigenvalue weighted by molar-refractivity contribution is 14.0. The minimum atomic E-state index is 0. The summed E-state index contributed by atoms with van der Waals surface area (Å²) >= 11 is 0. The lowest BCUT2D eigenvalue weighted by Crippen LogP contribution is -2.38. The first-order valence-electron chi connectivity index (χ1n) is 8.45. The van der Waals surface area contributed by atoms with Gasteiger partial charge in [0.05, 0.1) is 13.2 Å². The number of nitrogens with one attached hydrogen (secondary N) is 2. The lowest BCUT2D eigenvalue weighted by Gasteiger charge is -2.18. The van der Waals surface area contributed by atoms with E-state index in [1.54, 1.807) is 7.11 Å². The van der Waals surface area contributed by atoms with Gasteiger partial charge < -0.3 is 15.4 Å². The predicted octanol–water partition coefficient (Wildman–Crippen LogP) is 4.17. The highest BCUT2D eigenvalue weighted by atomic mass is 127. The van der Waals surface area contributed by atoms with E-state index in [2.05, 4.69) is 65.9 Å². The molecule has 1 atom stereocenters. The molecule has 0 bridgehead atoms. The average molecular weight is 453 g/mol. The van der Waals surface area contributed by atoms with E-state index in [0.29, 0.717) is 0 Å². The summed E-state index contributed by atoms with van der Waals surface area (Å²) in [4.78, 5) is 4.68. The second-order valence-corrected chi connectivity index (χ2v) is 5.64. The first kappa shape index (κ1) is 21.3. The van der Waals surface area contributed by atoms with E-state index in [0.717, 1.165) is 31.2 Å². The number of benzene rings is 2. The molecule has 0 spiro atoms. The van der Waals surface area contributed by atoms with E-state index in [4.69, 9.17) is 4.74 Å². The molecule has 0 fully saturated rings. The standard InChI is InChI=1S/C20H27N3O.HI/c1-4-21-20(23-16(2)18-8-6-5-7-9-18)22-15-14-17-10-12-19(24-3)13-11-17;/h5-13,16H,4,14-15H2,1-3H3,(H2,21,22,23);1H. The minimum absolute atomic E-state index is 0. The third-order valence-electron chi connectivity index (χ3n) is 3.83. The molecule has 0 heterocycles. The van der Waals surface area contributed by atoms with Crippen LogP contribution in [0.4, 0.5) is 0 Å². The second kappa shape index (κ2) is 11.7. The fourth-order valence-electron chi connectivity index (χ4n) is 2.44. The van der Waals surface area contributed by atoms with Crippen molar-refractivity contribution < 1.29 is 4.74 Å². The molecule has 25 heavy (non-hydrogen) atoms. The quantitative estimate of drug-likeness (QED) is 0.376. The topological polar surface area (TPSA) is 45.7 Å². The summed E-state index contributed by atoms with van der Waals surface area (Å²) in [6, 6.07) is 18.7. The summed E-state index contributed by atoms with van der Waals surface area (Å²) in [6.07, 6.45) is 0.903. The second-order valence-electron chi connectivity index (χ2n) is 5.64. The van der Waals surface area contributed by atoms with E-state index >= 15 is 0 Å². The zero-order chi connectivity index (χ0) is 17.2. The van der Waals surface area contributed by atoms with E-state index in [1.807, 2.05) is 18.2 Å². The molecule has 0 aromatic heterocycles. The van der Waals surface area contributed by atoms with Crippen molar-refractivity contribution in [2.75, 3.05) is 20.2 Å². The van der Waals surface area contributed by atoms with Gasteiger partial charge in [-0.15, -0.1) is 24.0 Å². The monoisotopic (exact) mass is 453 g/mol. The summed E-state index contributed by atoms with van der Waals surface area (Å²) in [5, 5.41) is 6.76. The number of halogens is 1. The summed E-state index contributed by atoms with van der Waals surface area (Å²) < 4.78 is 5.18. The van der Waals surface area contributed by atoms with Crippen LogP contribution in [0.5, 0.6) is 5.75 Å². The fraction of sp³-hybridized carbons (Fsp3) is 0.350. The van der Waals surface area contributed by atoms with Crippen LogP contribution in [0.15, 0.2) is 59.6 Å². The van der Waals surface area contributed by atoms with Crippen molar-refractivity contribution >= 4 is 29.9 Å². The Kier molecular flexibility index (Phi) is 9.99. The van der Waals surface area contributed by atoms with Crippen LogP contribution in [0, 0.1) is 0 Å². The maximum absolute atomic E-state index is 5.18. The molecule has 0 aliphatic rings. The molecule has 0 saturated carbocycles.